The van der Waals surface area contributed by atoms with Crippen LogP contribution in [0.2, 0.25) is 0 Å². The maximum absolute atomic E-state index is 2.52. The van der Waals surface area contributed by atoms with Crippen LogP contribution in [-0.4, -0.2) is 33.8 Å². The summed E-state index contributed by atoms with van der Waals surface area (Å²) in [7, 11) is 0. The Labute approximate surface area is 470 Å². The summed E-state index contributed by atoms with van der Waals surface area (Å²) in [5.41, 5.74) is 37.5. The number of aryl methyl sites for hydroxylation is 3. The first-order chi connectivity index (χ1) is 40.0. The maximum atomic E-state index is 2.52. The lowest BCUT2D eigenvalue weighted by molar-refractivity contribution is 1.18. The molecule has 372 valence electrons. The highest BCUT2D eigenvalue weighted by molar-refractivity contribution is 7.03. The van der Waals surface area contributed by atoms with E-state index in [2.05, 4.69) is 271 Å². The molecule has 0 spiro atoms. The minimum atomic E-state index is 0.341. The Morgan fingerprint density at radius 2 is 0.617 bits per heavy atom. The van der Waals surface area contributed by atoms with E-state index in [0.717, 1.165) is 0 Å². The Morgan fingerprint density at radius 1 is 0.247 bits per heavy atom. The topological polar surface area (TPSA) is 14.8 Å². The van der Waals surface area contributed by atoms with Crippen LogP contribution in [0.4, 0.5) is 0 Å². The van der Waals surface area contributed by atoms with Gasteiger partial charge in [0.05, 0.1) is 16.6 Å². The van der Waals surface area contributed by atoms with E-state index in [-0.39, 0.29) is 0 Å². The minimum absolute atomic E-state index is 0.341. The summed E-state index contributed by atoms with van der Waals surface area (Å²) in [5.74, 6) is 0. The standard InChI is InChI=1S/3C25H16BN/c1-15-7-4-10-18-19-11-5-13-21-25(19)27(24(15)18)22-14-6-9-17-16-8-2-3-12-20(16)26(21)23(17)22;1-15-12-13-17-19-8-4-10-21-25(19)27(23(17)14-15)22-11-5-7-18-16-6-2-3-9-20(16)26(21)24(18)22;1-15-12-13-22-19(14-15)18-8-4-10-21-25(18)27(22)23-11-5-7-17-16-6-2-3-9-20(16)26(21)24(17)23/h3*2-14H,1H3. The van der Waals surface area contributed by atoms with Crippen molar-refractivity contribution in [2.45, 2.75) is 20.8 Å². The molecular formula is C75H48B3N3. The van der Waals surface area contributed by atoms with Crippen molar-refractivity contribution in [2.75, 3.05) is 0 Å². The number of nitrogens with zero attached hydrogens (tertiary/aromatic N) is 3. The van der Waals surface area contributed by atoms with Crippen LogP contribution in [0.5, 0.6) is 0 Å². The number of benzene rings is 12. The molecule has 6 heteroatoms. The van der Waals surface area contributed by atoms with E-state index >= 15 is 0 Å². The molecule has 0 N–H and O–H groups in total. The second-order valence-corrected chi connectivity index (χ2v) is 23.5. The number of hydrogen-bond donors (Lipinski definition) is 0. The van der Waals surface area contributed by atoms with Gasteiger partial charge in [-0.2, -0.15) is 0 Å². The van der Waals surface area contributed by atoms with Gasteiger partial charge < -0.3 is 13.7 Å². The largest absolute Gasteiger partial charge is 0.310 e. The number of para-hydroxylation sites is 4. The second kappa shape index (κ2) is 15.7. The molecule has 9 heterocycles. The Hall–Kier alpha value is -9.77. The SMILES string of the molecule is Cc1ccc2c(c1)c1cccc3c1n2-c1cccc2c1B3c1ccccc1-2.Cc1ccc2c3cccc4c3n(c2c1)-c1cccc2c1B4c1ccccc1-2.Cc1cccc2c3cccc4c3n(c12)-c1cccc2c1B4c1ccccc1-2. The van der Waals surface area contributed by atoms with Crippen molar-refractivity contribution in [2.24, 2.45) is 0 Å². The Balaban J connectivity index is 0.0000000907. The molecule has 81 heavy (non-hydrogen) atoms. The molecular weight excluding hydrogens is 975 g/mol. The summed E-state index contributed by atoms with van der Waals surface area (Å²) in [6.45, 7) is 7.62. The van der Waals surface area contributed by atoms with Gasteiger partial charge in [0.25, 0.3) is 0 Å². The fourth-order valence-electron chi connectivity index (χ4n) is 16.4. The summed E-state index contributed by atoms with van der Waals surface area (Å²) in [6, 6.07) is 88.2. The first-order valence-electron chi connectivity index (χ1n) is 28.8. The molecule has 0 bridgehead atoms. The van der Waals surface area contributed by atoms with Crippen LogP contribution in [-0.2, 0) is 0 Å². The van der Waals surface area contributed by atoms with Crippen molar-refractivity contribution in [1.82, 2.24) is 13.7 Å². The van der Waals surface area contributed by atoms with Gasteiger partial charge in [-0.15, -0.1) is 0 Å². The van der Waals surface area contributed by atoms with Crippen molar-refractivity contribution in [3.63, 3.8) is 0 Å². The molecule has 0 radical (unpaired) electrons. The Morgan fingerprint density at radius 3 is 1.15 bits per heavy atom. The quantitative estimate of drug-likeness (QED) is 0.135. The van der Waals surface area contributed by atoms with Crippen molar-refractivity contribution in [3.8, 4) is 50.4 Å². The van der Waals surface area contributed by atoms with Gasteiger partial charge in [0.1, 0.15) is 0 Å². The van der Waals surface area contributed by atoms with Crippen LogP contribution < -0.4 is 49.2 Å². The molecule has 0 fully saturated rings. The van der Waals surface area contributed by atoms with Gasteiger partial charge in [-0.1, -0.05) is 222 Å². The summed E-state index contributed by atoms with van der Waals surface area (Å²) in [4.78, 5) is 0. The molecule has 3 aromatic heterocycles. The molecule has 3 nitrogen and oxygen atoms in total. The smallest absolute Gasteiger partial charge is 0.248 e. The van der Waals surface area contributed by atoms with E-state index in [9.17, 15) is 0 Å². The number of aromatic nitrogens is 3. The van der Waals surface area contributed by atoms with E-state index in [1.807, 2.05) is 0 Å². The van der Waals surface area contributed by atoms with Crippen molar-refractivity contribution < 1.29 is 0 Å². The second-order valence-electron chi connectivity index (χ2n) is 23.5. The number of rotatable bonds is 0. The normalized spacial score (nSPS) is 13.3. The predicted octanol–water partition coefficient (Wildman–Crippen LogP) is 11.7. The molecule has 12 aromatic carbocycles. The van der Waals surface area contributed by atoms with Gasteiger partial charge in [0.2, 0.25) is 20.1 Å². The van der Waals surface area contributed by atoms with Gasteiger partial charge >= 0.3 is 0 Å². The average molecular weight is 1020 g/mol. The van der Waals surface area contributed by atoms with Crippen LogP contribution in [0, 0.1) is 20.8 Å². The Bertz CT molecular complexity index is 5350. The van der Waals surface area contributed by atoms with E-state index < -0.39 is 0 Å². The third-order valence-electron chi connectivity index (χ3n) is 19.4. The van der Waals surface area contributed by atoms with E-state index in [0.29, 0.717) is 20.1 Å². The van der Waals surface area contributed by atoms with Crippen LogP contribution in [0.1, 0.15) is 16.7 Å². The molecule has 6 aliphatic heterocycles. The summed E-state index contributed by atoms with van der Waals surface area (Å²) in [6.07, 6.45) is 0. The van der Waals surface area contributed by atoms with Crippen LogP contribution in [0.3, 0.4) is 0 Å². The van der Waals surface area contributed by atoms with E-state index in [1.165, 1.54) is 182 Å². The first-order valence-corrected chi connectivity index (χ1v) is 28.8. The summed E-state index contributed by atoms with van der Waals surface area (Å²) < 4.78 is 7.53. The summed E-state index contributed by atoms with van der Waals surface area (Å²) in [5, 5.41) is 8.17. The zero-order valence-electron chi connectivity index (χ0n) is 45.1. The molecule has 0 amide bonds. The zero-order valence-corrected chi connectivity index (χ0v) is 45.1. The highest BCUT2D eigenvalue weighted by Gasteiger charge is 2.44. The highest BCUT2D eigenvalue weighted by atomic mass is 15.0. The Kier molecular flexibility index (Phi) is 8.58. The third-order valence-corrected chi connectivity index (χ3v) is 19.4. The fourth-order valence-corrected chi connectivity index (χ4v) is 16.4. The van der Waals surface area contributed by atoms with Gasteiger partial charge in [0, 0.05) is 65.9 Å². The predicted molar refractivity (Wildman–Crippen MR) is 347 cm³/mol. The average Bonchev–Trinajstić information content (AvgIpc) is 2.38. The minimum Gasteiger partial charge on any atom is -0.310 e. The van der Waals surface area contributed by atoms with Crippen molar-refractivity contribution >= 4 is 135 Å². The highest BCUT2D eigenvalue weighted by Crippen LogP contribution is 2.41. The zero-order chi connectivity index (χ0) is 53.1. The fraction of sp³-hybridized carbons (Fsp3) is 0.0400. The van der Waals surface area contributed by atoms with Crippen molar-refractivity contribution in [1.29, 1.82) is 0 Å². The van der Waals surface area contributed by atoms with Gasteiger partial charge in [-0.3, -0.25) is 0 Å². The van der Waals surface area contributed by atoms with E-state index in [1.54, 1.807) is 0 Å². The van der Waals surface area contributed by atoms with E-state index in [4.69, 9.17) is 0 Å². The maximum Gasteiger partial charge on any atom is 0.248 e. The third kappa shape index (κ3) is 5.53. The summed E-state index contributed by atoms with van der Waals surface area (Å²) >= 11 is 0. The van der Waals surface area contributed by atoms with Gasteiger partial charge in [-0.25, -0.2) is 0 Å². The van der Waals surface area contributed by atoms with Crippen LogP contribution >= 0.6 is 0 Å². The van der Waals surface area contributed by atoms with Crippen LogP contribution in [0.25, 0.3) is 116 Å². The van der Waals surface area contributed by atoms with Gasteiger partial charge in [0.15, 0.2) is 0 Å². The van der Waals surface area contributed by atoms with Crippen molar-refractivity contribution in [3.05, 3.63) is 253 Å². The molecule has 6 aliphatic rings. The monoisotopic (exact) mass is 1020 g/mol. The molecule has 21 rings (SSSR count). The first kappa shape index (κ1) is 44.1. The molecule has 0 saturated heterocycles. The molecule has 15 aromatic rings. The lowest BCUT2D eigenvalue weighted by Crippen LogP contribution is -2.53. The van der Waals surface area contributed by atoms with Crippen LogP contribution in [0.15, 0.2) is 237 Å². The number of fused-ring (bicyclic) bond motifs is 24. The number of hydrogen-bond acceptors (Lipinski definition) is 0. The lowest BCUT2D eigenvalue weighted by atomic mass is 9.37. The lowest BCUT2D eigenvalue weighted by Gasteiger charge is -2.24. The molecule has 0 aliphatic carbocycles. The van der Waals surface area contributed by atoms with Gasteiger partial charge in [-0.05, 0) is 134 Å². The molecule has 0 unspecified atom stereocenters. The molecule has 0 saturated carbocycles. The molecule has 0 atom stereocenters.